The highest BCUT2D eigenvalue weighted by molar-refractivity contribution is 7.99. The molecule has 1 unspecified atom stereocenters. The van der Waals surface area contributed by atoms with Crippen LogP contribution in [0.25, 0.3) is 0 Å². The van der Waals surface area contributed by atoms with Gasteiger partial charge in [0.15, 0.2) is 0 Å². The van der Waals surface area contributed by atoms with Crippen molar-refractivity contribution in [3.63, 3.8) is 0 Å². The normalized spacial score (nSPS) is 12.5. The Kier molecular flexibility index (Phi) is 4.02. The van der Waals surface area contributed by atoms with E-state index in [0.717, 1.165) is 12.2 Å². The van der Waals surface area contributed by atoms with Gasteiger partial charge in [0.25, 0.3) is 0 Å². The molecule has 0 spiro atoms. The minimum Gasteiger partial charge on any atom is -0.384 e. The van der Waals surface area contributed by atoms with Gasteiger partial charge in [-0.25, -0.2) is 4.98 Å². The number of hydrogen-bond donors (Lipinski definition) is 1. The van der Waals surface area contributed by atoms with Gasteiger partial charge < -0.3 is 5.32 Å². The lowest BCUT2D eigenvalue weighted by molar-refractivity contribution is 0.584. The fraction of sp³-hybridized carbons (Fsp3) is 0.444. The summed E-state index contributed by atoms with van der Waals surface area (Å²) in [7, 11) is 0. The number of pyridine rings is 1. The molecule has 0 aromatic carbocycles. The summed E-state index contributed by atoms with van der Waals surface area (Å²) in [5.74, 6) is -0.443. The standard InChI is InChI=1S/C9H13FN2S/c1-7(13-2)6-12-8-3-4-11-9(10)5-8/h3-5,7H,6H2,1-2H3,(H,11,12). The summed E-state index contributed by atoms with van der Waals surface area (Å²) >= 11 is 1.78. The molecule has 1 heterocycles. The molecule has 0 saturated carbocycles. The molecule has 0 saturated heterocycles. The van der Waals surface area contributed by atoms with E-state index >= 15 is 0 Å². The summed E-state index contributed by atoms with van der Waals surface area (Å²) in [6.45, 7) is 2.96. The summed E-state index contributed by atoms with van der Waals surface area (Å²) < 4.78 is 12.6. The summed E-state index contributed by atoms with van der Waals surface area (Å²) in [6, 6.07) is 3.16. The van der Waals surface area contributed by atoms with E-state index in [9.17, 15) is 4.39 Å². The summed E-state index contributed by atoms with van der Waals surface area (Å²) in [5.41, 5.74) is 0.786. The molecule has 0 bridgehead atoms. The van der Waals surface area contributed by atoms with Gasteiger partial charge >= 0.3 is 0 Å². The molecule has 0 aliphatic carbocycles. The van der Waals surface area contributed by atoms with Crippen LogP contribution >= 0.6 is 11.8 Å². The number of anilines is 1. The maximum atomic E-state index is 12.6. The zero-order valence-electron chi connectivity index (χ0n) is 7.75. The Hall–Kier alpha value is -0.770. The smallest absolute Gasteiger partial charge is 0.214 e. The first-order chi connectivity index (χ1) is 6.22. The number of halogens is 1. The second-order valence-corrected chi connectivity index (χ2v) is 4.07. The first kappa shape index (κ1) is 10.3. The van der Waals surface area contributed by atoms with Gasteiger partial charge in [-0.15, -0.1) is 0 Å². The van der Waals surface area contributed by atoms with Crippen molar-refractivity contribution in [2.24, 2.45) is 0 Å². The van der Waals surface area contributed by atoms with Crippen LogP contribution in [0.15, 0.2) is 18.3 Å². The van der Waals surface area contributed by atoms with Gasteiger partial charge in [-0.3, -0.25) is 0 Å². The van der Waals surface area contributed by atoms with E-state index in [1.807, 2.05) is 0 Å². The first-order valence-corrected chi connectivity index (χ1v) is 5.39. The van der Waals surface area contributed by atoms with Crippen LogP contribution in [0.1, 0.15) is 6.92 Å². The van der Waals surface area contributed by atoms with Crippen molar-refractivity contribution in [1.82, 2.24) is 4.98 Å². The van der Waals surface area contributed by atoms with Crippen molar-refractivity contribution in [3.8, 4) is 0 Å². The van der Waals surface area contributed by atoms with Gasteiger partial charge in [-0.05, 0) is 12.3 Å². The van der Waals surface area contributed by atoms with Crippen molar-refractivity contribution in [1.29, 1.82) is 0 Å². The van der Waals surface area contributed by atoms with Crippen molar-refractivity contribution in [2.45, 2.75) is 12.2 Å². The molecular weight excluding hydrogens is 187 g/mol. The first-order valence-electron chi connectivity index (χ1n) is 4.10. The number of thioether (sulfide) groups is 1. The number of nitrogens with zero attached hydrogens (tertiary/aromatic N) is 1. The van der Waals surface area contributed by atoms with Gasteiger partial charge in [-0.2, -0.15) is 16.2 Å². The van der Waals surface area contributed by atoms with Gasteiger partial charge in [0.05, 0.1) is 0 Å². The third kappa shape index (κ3) is 3.63. The third-order valence-corrected chi connectivity index (χ3v) is 2.69. The molecule has 1 atom stereocenters. The highest BCUT2D eigenvalue weighted by Crippen LogP contribution is 2.09. The van der Waals surface area contributed by atoms with Crippen LogP contribution < -0.4 is 5.32 Å². The summed E-state index contributed by atoms with van der Waals surface area (Å²) in [6.07, 6.45) is 3.51. The lowest BCUT2D eigenvalue weighted by Gasteiger charge is -2.10. The Morgan fingerprint density at radius 1 is 1.69 bits per heavy atom. The minimum atomic E-state index is -0.443. The summed E-state index contributed by atoms with van der Waals surface area (Å²) in [5, 5.41) is 3.66. The molecule has 0 aliphatic rings. The topological polar surface area (TPSA) is 24.9 Å². The van der Waals surface area contributed by atoms with Crippen LogP contribution in [0.2, 0.25) is 0 Å². The van der Waals surface area contributed by atoms with E-state index < -0.39 is 5.95 Å². The number of nitrogens with one attached hydrogen (secondary N) is 1. The SMILES string of the molecule is CSC(C)CNc1ccnc(F)c1. The molecule has 72 valence electrons. The van der Waals surface area contributed by atoms with E-state index in [1.54, 1.807) is 17.8 Å². The van der Waals surface area contributed by atoms with Gasteiger partial charge in [-0.1, -0.05) is 6.92 Å². The molecule has 1 aromatic heterocycles. The number of aromatic nitrogens is 1. The van der Waals surface area contributed by atoms with Crippen LogP contribution in [0.5, 0.6) is 0 Å². The predicted molar refractivity (Wildman–Crippen MR) is 55.7 cm³/mol. The van der Waals surface area contributed by atoms with E-state index in [0.29, 0.717) is 5.25 Å². The third-order valence-electron chi connectivity index (χ3n) is 1.72. The Morgan fingerprint density at radius 3 is 3.08 bits per heavy atom. The van der Waals surface area contributed by atoms with Crippen molar-refractivity contribution < 1.29 is 4.39 Å². The predicted octanol–water partition coefficient (Wildman–Crippen LogP) is 2.38. The van der Waals surface area contributed by atoms with E-state index in [2.05, 4.69) is 23.5 Å². The van der Waals surface area contributed by atoms with E-state index in [4.69, 9.17) is 0 Å². The quantitative estimate of drug-likeness (QED) is 0.755. The lowest BCUT2D eigenvalue weighted by atomic mass is 10.4. The monoisotopic (exact) mass is 200 g/mol. The molecule has 4 heteroatoms. The molecule has 1 N–H and O–H groups in total. The van der Waals surface area contributed by atoms with Gasteiger partial charge in [0.1, 0.15) is 0 Å². The van der Waals surface area contributed by atoms with Gasteiger partial charge in [0.2, 0.25) is 5.95 Å². The van der Waals surface area contributed by atoms with Crippen LogP contribution in [-0.2, 0) is 0 Å². The van der Waals surface area contributed by atoms with Crippen LogP contribution in [-0.4, -0.2) is 23.0 Å². The molecule has 0 radical (unpaired) electrons. The molecule has 0 fully saturated rings. The maximum absolute atomic E-state index is 12.6. The Balaban J connectivity index is 2.45. The van der Waals surface area contributed by atoms with Crippen molar-refractivity contribution >= 4 is 17.4 Å². The highest BCUT2D eigenvalue weighted by atomic mass is 32.2. The fourth-order valence-corrected chi connectivity index (χ4v) is 1.11. The molecule has 13 heavy (non-hydrogen) atoms. The summed E-state index contributed by atoms with van der Waals surface area (Å²) in [4.78, 5) is 3.48. The van der Waals surface area contributed by atoms with Crippen LogP contribution in [0, 0.1) is 5.95 Å². The van der Waals surface area contributed by atoms with E-state index in [1.165, 1.54) is 12.3 Å². The molecule has 0 aliphatic heterocycles. The van der Waals surface area contributed by atoms with Gasteiger partial charge in [0, 0.05) is 29.7 Å². The Bertz CT molecular complexity index is 268. The second kappa shape index (κ2) is 5.07. The van der Waals surface area contributed by atoms with Crippen molar-refractivity contribution in [3.05, 3.63) is 24.3 Å². The fourth-order valence-electron chi connectivity index (χ4n) is 0.857. The number of rotatable bonds is 4. The second-order valence-electron chi connectivity index (χ2n) is 2.79. The molecule has 0 amide bonds. The molecule has 2 nitrogen and oxygen atoms in total. The highest BCUT2D eigenvalue weighted by Gasteiger charge is 1.99. The molecular formula is C9H13FN2S. The minimum absolute atomic E-state index is 0.443. The molecule has 1 rings (SSSR count). The maximum Gasteiger partial charge on any atom is 0.214 e. The van der Waals surface area contributed by atoms with E-state index in [-0.39, 0.29) is 0 Å². The van der Waals surface area contributed by atoms with Crippen LogP contribution in [0.4, 0.5) is 10.1 Å². The van der Waals surface area contributed by atoms with Crippen LogP contribution in [0.3, 0.4) is 0 Å². The lowest BCUT2D eigenvalue weighted by Crippen LogP contribution is -2.12. The zero-order chi connectivity index (χ0) is 9.68. The zero-order valence-corrected chi connectivity index (χ0v) is 8.57. The average Bonchev–Trinajstić information content (AvgIpc) is 2.14. The molecule has 1 aromatic rings. The van der Waals surface area contributed by atoms with Crippen molar-refractivity contribution in [2.75, 3.05) is 18.1 Å². The number of hydrogen-bond acceptors (Lipinski definition) is 3. The Labute approximate surface area is 81.9 Å². The Morgan fingerprint density at radius 2 is 2.46 bits per heavy atom. The average molecular weight is 200 g/mol. The largest absolute Gasteiger partial charge is 0.384 e.